The Hall–Kier alpha value is -3.54. The lowest BCUT2D eigenvalue weighted by Gasteiger charge is -2.28. The molecule has 0 spiro atoms. The van der Waals surface area contributed by atoms with Gasteiger partial charge >= 0.3 is 7.60 Å². The summed E-state index contributed by atoms with van der Waals surface area (Å²) < 4.78 is 23.7. The number of hydrogen-bond acceptors (Lipinski definition) is 11. The lowest BCUT2D eigenvalue weighted by molar-refractivity contribution is -0.140. The number of amides is 4. The second-order valence-corrected chi connectivity index (χ2v) is 16.0. The van der Waals surface area contributed by atoms with E-state index in [0.29, 0.717) is 44.8 Å². The molecule has 0 bridgehead atoms. The van der Waals surface area contributed by atoms with Crippen LogP contribution in [0.25, 0.3) is 0 Å². The summed E-state index contributed by atoms with van der Waals surface area (Å²) in [6.07, 6.45) is 2.83. The molecule has 1 aromatic heterocycles. The fourth-order valence-electron chi connectivity index (χ4n) is 6.55. The van der Waals surface area contributed by atoms with Crippen LogP contribution in [-0.2, 0) is 55.8 Å². The van der Waals surface area contributed by atoms with Crippen LogP contribution in [-0.4, -0.2) is 129 Å². The van der Waals surface area contributed by atoms with Crippen molar-refractivity contribution in [3.63, 3.8) is 0 Å². The molecule has 0 radical (unpaired) electrons. The van der Waals surface area contributed by atoms with Crippen molar-refractivity contribution in [2.75, 3.05) is 46.2 Å². The predicted molar refractivity (Wildman–Crippen MR) is 196 cm³/mol. The number of ether oxygens (including phenoxy) is 2. The zero-order valence-electron chi connectivity index (χ0n) is 32.0. The van der Waals surface area contributed by atoms with E-state index in [1.807, 2.05) is 20.8 Å². The van der Waals surface area contributed by atoms with E-state index >= 15 is 0 Å². The highest BCUT2D eigenvalue weighted by Gasteiger charge is 2.38. The van der Waals surface area contributed by atoms with E-state index in [2.05, 4.69) is 15.6 Å². The van der Waals surface area contributed by atoms with Crippen molar-refractivity contribution >= 4 is 42.8 Å². The summed E-state index contributed by atoms with van der Waals surface area (Å²) in [6.45, 7) is 7.92. The SMILES string of the molecule is CCn1cncc1C[C@H](CC(=O)[C@H](CC(C)C)NC(=O)[C@@H]1CCCN1C(=O)CCOCCOC)C(=O)N[C@@H](CO)C(=O)C[C@H](C(N)=O)[C@@H](C)CP(=O)(O)O. The van der Waals surface area contributed by atoms with Gasteiger partial charge in [0.05, 0.1) is 57.3 Å². The number of hydrogen-bond donors (Lipinski definition) is 6. The largest absolute Gasteiger partial charge is 0.394 e. The third kappa shape index (κ3) is 15.3. The molecule has 1 aromatic rings. The first kappa shape index (κ1) is 46.6. The number of nitrogens with zero attached hydrogens (tertiary/aromatic N) is 3. The summed E-state index contributed by atoms with van der Waals surface area (Å²) in [6, 6.07) is -3.29. The lowest BCUT2D eigenvalue weighted by atomic mass is 9.87. The molecule has 4 amide bonds. The first-order valence-corrected chi connectivity index (χ1v) is 20.2. The molecule has 7 N–H and O–H groups in total. The Morgan fingerprint density at radius 3 is 2.31 bits per heavy atom. The summed E-state index contributed by atoms with van der Waals surface area (Å²) in [4.78, 5) is 104. The molecule has 0 aliphatic carbocycles. The molecule has 54 heavy (non-hydrogen) atoms. The van der Waals surface area contributed by atoms with Crippen LogP contribution in [0.15, 0.2) is 12.5 Å². The predicted octanol–water partition coefficient (Wildman–Crippen LogP) is -0.0525. The number of rotatable bonds is 26. The number of primary amides is 1. The Morgan fingerprint density at radius 2 is 1.72 bits per heavy atom. The van der Waals surface area contributed by atoms with Crippen molar-refractivity contribution in [3.05, 3.63) is 18.2 Å². The smallest absolute Gasteiger partial charge is 0.325 e. The van der Waals surface area contributed by atoms with E-state index in [1.165, 1.54) is 11.8 Å². The van der Waals surface area contributed by atoms with E-state index in [-0.39, 0.29) is 44.1 Å². The Morgan fingerprint density at radius 1 is 1.04 bits per heavy atom. The highest BCUT2D eigenvalue weighted by atomic mass is 31.2. The standard InChI is InChI=1S/C35H59N6O12P/c1-6-40-21-37-18-25(40)15-24(34(47)39-28(19-42)31(44)17-26(33(36)46)23(4)20-54(49,50)51)16-30(43)27(14-22(2)3)38-35(48)29-8-7-10-41(29)32(45)9-11-53-13-12-52-5/h18,21-24,26-29,42H,6-17,19-20H2,1-5H3,(H2,36,46)(H,38,48)(H,39,47)(H2,49,50,51)/t23-,24+,26-,27-,28-,29-/m0/s1. The fourth-order valence-corrected chi connectivity index (χ4v) is 7.56. The molecule has 18 nitrogen and oxygen atoms in total. The maximum atomic E-state index is 14.0. The summed E-state index contributed by atoms with van der Waals surface area (Å²) in [7, 11) is -3.01. The highest BCUT2D eigenvalue weighted by Crippen LogP contribution is 2.39. The topological polar surface area (TPSA) is 270 Å². The van der Waals surface area contributed by atoms with Crippen LogP contribution < -0.4 is 16.4 Å². The maximum absolute atomic E-state index is 14.0. The summed E-state index contributed by atoms with van der Waals surface area (Å²) >= 11 is 0. The quantitative estimate of drug-likeness (QED) is 0.0532. The van der Waals surface area contributed by atoms with E-state index < -0.39 is 92.0 Å². The minimum absolute atomic E-state index is 0.0146. The van der Waals surface area contributed by atoms with Crippen LogP contribution in [0.3, 0.4) is 0 Å². The van der Waals surface area contributed by atoms with Crippen molar-refractivity contribution in [2.24, 2.45) is 29.4 Å². The number of nitrogens with two attached hydrogens (primary N) is 1. The van der Waals surface area contributed by atoms with Crippen molar-refractivity contribution in [2.45, 2.75) is 97.3 Å². The number of aryl methyl sites for hydroxylation is 1. The first-order chi connectivity index (χ1) is 25.4. The number of ketones is 2. The zero-order chi connectivity index (χ0) is 40.6. The third-order valence-corrected chi connectivity index (χ3v) is 10.5. The number of Topliss-reactive ketones (excluding diaryl/α,β-unsaturated/α-hetero) is 2. The number of nitrogens with one attached hydrogen (secondary N) is 2. The average molecular weight is 787 g/mol. The van der Waals surface area contributed by atoms with E-state index in [4.69, 9.17) is 15.2 Å². The number of aromatic nitrogens is 2. The van der Waals surface area contributed by atoms with Crippen LogP contribution in [0.4, 0.5) is 0 Å². The average Bonchev–Trinajstić information content (AvgIpc) is 3.77. The second kappa shape index (κ2) is 22.7. The van der Waals surface area contributed by atoms with Gasteiger partial charge in [-0.1, -0.05) is 20.8 Å². The number of methoxy groups -OCH3 is 1. The van der Waals surface area contributed by atoms with Gasteiger partial charge in [-0.3, -0.25) is 33.3 Å². The van der Waals surface area contributed by atoms with Crippen LogP contribution >= 0.6 is 7.60 Å². The normalized spacial score (nSPS) is 17.4. The maximum Gasteiger partial charge on any atom is 0.325 e. The molecule has 0 saturated carbocycles. The molecule has 19 heteroatoms. The summed E-state index contributed by atoms with van der Waals surface area (Å²) in [5, 5.41) is 15.4. The Balaban J connectivity index is 2.27. The number of aliphatic hydroxyl groups is 1. The Kier molecular flexibility index (Phi) is 19.6. The number of carbonyl (C=O) groups is 6. The summed E-state index contributed by atoms with van der Waals surface area (Å²) in [5.41, 5.74) is 6.07. The van der Waals surface area contributed by atoms with Crippen molar-refractivity contribution in [1.82, 2.24) is 25.1 Å². The van der Waals surface area contributed by atoms with Gasteiger partial charge in [-0.2, -0.15) is 0 Å². The molecular weight excluding hydrogens is 727 g/mol. The van der Waals surface area contributed by atoms with Gasteiger partial charge in [-0.05, 0) is 38.0 Å². The van der Waals surface area contributed by atoms with E-state index in [1.54, 1.807) is 24.2 Å². The monoisotopic (exact) mass is 786 g/mol. The van der Waals surface area contributed by atoms with Gasteiger partial charge in [-0.15, -0.1) is 0 Å². The van der Waals surface area contributed by atoms with Crippen molar-refractivity contribution in [3.8, 4) is 0 Å². The number of imidazole rings is 1. The van der Waals surface area contributed by atoms with Gasteiger partial charge in [0.15, 0.2) is 11.6 Å². The molecule has 1 aliphatic heterocycles. The van der Waals surface area contributed by atoms with Crippen LogP contribution in [0.1, 0.15) is 71.9 Å². The lowest BCUT2D eigenvalue weighted by Crippen LogP contribution is -2.52. The van der Waals surface area contributed by atoms with Crippen LogP contribution in [0.5, 0.6) is 0 Å². The van der Waals surface area contributed by atoms with E-state index in [9.17, 15) is 48.2 Å². The fraction of sp³-hybridized carbons (Fsp3) is 0.743. The minimum atomic E-state index is -4.55. The zero-order valence-corrected chi connectivity index (χ0v) is 32.9. The Bertz CT molecular complexity index is 1470. The van der Waals surface area contributed by atoms with Crippen molar-refractivity contribution < 1.29 is 57.7 Å². The number of carbonyl (C=O) groups excluding carboxylic acids is 6. The minimum Gasteiger partial charge on any atom is -0.394 e. The van der Waals surface area contributed by atoms with Crippen molar-refractivity contribution in [1.29, 1.82) is 0 Å². The molecule has 0 aromatic carbocycles. The van der Waals surface area contributed by atoms with Gasteiger partial charge < -0.3 is 50.2 Å². The molecule has 1 fully saturated rings. The number of likely N-dealkylation sites (tertiary alicyclic amines) is 1. The molecule has 0 unspecified atom stereocenters. The molecule has 6 atom stereocenters. The van der Waals surface area contributed by atoms with E-state index in [0.717, 1.165) is 0 Å². The van der Waals surface area contributed by atoms with Crippen LogP contribution in [0, 0.1) is 23.7 Å². The van der Waals surface area contributed by atoms with Gasteiger partial charge in [0.1, 0.15) is 12.1 Å². The van der Waals surface area contributed by atoms with Gasteiger partial charge in [0.2, 0.25) is 23.6 Å². The summed E-state index contributed by atoms with van der Waals surface area (Å²) in [5.74, 6) is -7.09. The first-order valence-electron chi connectivity index (χ1n) is 18.4. The van der Waals surface area contributed by atoms with Gasteiger partial charge in [0, 0.05) is 57.3 Å². The molecule has 1 aliphatic rings. The molecule has 1 saturated heterocycles. The van der Waals surface area contributed by atoms with Crippen LogP contribution in [0.2, 0.25) is 0 Å². The van der Waals surface area contributed by atoms with Gasteiger partial charge in [0.25, 0.3) is 0 Å². The molecule has 2 heterocycles. The molecular formula is C35H59N6O12P. The molecule has 2 rings (SSSR count). The van der Waals surface area contributed by atoms with Gasteiger partial charge in [-0.25, -0.2) is 4.98 Å². The molecule has 306 valence electrons. The highest BCUT2D eigenvalue weighted by molar-refractivity contribution is 7.51. The second-order valence-electron chi connectivity index (χ2n) is 14.3. The number of aliphatic hydroxyl groups excluding tert-OH is 1. The third-order valence-electron chi connectivity index (χ3n) is 9.48. The Labute approximate surface area is 316 Å².